The van der Waals surface area contributed by atoms with Crippen molar-refractivity contribution in [2.75, 3.05) is 0 Å². The fourth-order valence-corrected chi connectivity index (χ4v) is 2.04. The number of β-lactam (4-membered cyclic amide) rings is 1. The molecule has 1 aromatic rings. The molecule has 9 heteroatoms. The molecule has 0 radical (unpaired) electrons. The van der Waals surface area contributed by atoms with Crippen molar-refractivity contribution in [3.63, 3.8) is 0 Å². The van der Waals surface area contributed by atoms with Crippen LogP contribution in [-0.2, 0) is 17.9 Å². The second-order valence-corrected chi connectivity index (χ2v) is 6.06. The van der Waals surface area contributed by atoms with Crippen molar-refractivity contribution in [2.45, 2.75) is 51.5 Å². The van der Waals surface area contributed by atoms with Gasteiger partial charge in [-0.1, -0.05) is 0 Å². The van der Waals surface area contributed by atoms with E-state index in [1.54, 1.807) is 25.5 Å². The van der Waals surface area contributed by atoms with Crippen LogP contribution >= 0.6 is 0 Å². The largest absolute Gasteiger partial charge is 0.465 e. The highest BCUT2D eigenvalue weighted by atomic mass is 16.4. The molecular weight excluding hydrogens is 276 g/mol. The van der Waals surface area contributed by atoms with Gasteiger partial charge in [0.05, 0.1) is 19.1 Å². The van der Waals surface area contributed by atoms with Gasteiger partial charge in [-0.15, -0.1) is 0 Å². The SMILES string of the molecule is CC(C)(C)N(Cc1ncn(C[C@H]2NC(=O)[C@H]2N)n1)C(=O)O. The number of carboxylic acid groups (broad SMARTS) is 1. The molecule has 0 bridgehead atoms. The van der Waals surface area contributed by atoms with Crippen LogP contribution < -0.4 is 11.1 Å². The summed E-state index contributed by atoms with van der Waals surface area (Å²) in [4.78, 5) is 27.7. The third-order valence-corrected chi connectivity index (χ3v) is 3.37. The van der Waals surface area contributed by atoms with Crippen LogP contribution in [0.5, 0.6) is 0 Å². The molecule has 1 aliphatic rings. The van der Waals surface area contributed by atoms with E-state index < -0.39 is 17.7 Å². The molecule has 0 unspecified atom stereocenters. The Kier molecular flexibility index (Phi) is 3.86. The Morgan fingerprint density at radius 3 is 2.71 bits per heavy atom. The molecule has 1 aromatic heterocycles. The van der Waals surface area contributed by atoms with Gasteiger partial charge in [-0.3, -0.25) is 14.4 Å². The number of rotatable bonds is 4. The topological polar surface area (TPSA) is 126 Å². The number of aromatic nitrogens is 3. The van der Waals surface area contributed by atoms with E-state index in [4.69, 9.17) is 5.73 Å². The second-order valence-electron chi connectivity index (χ2n) is 6.06. The minimum Gasteiger partial charge on any atom is -0.465 e. The second kappa shape index (κ2) is 5.32. The predicted octanol–water partition coefficient (Wildman–Crippen LogP) is -0.618. The van der Waals surface area contributed by atoms with Crippen LogP contribution in [0.2, 0.25) is 0 Å². The summed E-state index contributed by atoms with van der Waals surface area (Å²) in [6.45, 7) is 5.94. The van der Waals surface area contributed by atoms with Crippen LogP contribution in [-0.4, -0.2) is 54.4 Å². The maximum Gasteiger partial charge on any atom is 0.408 e. The summed E-state index contributed by atoms with van der Waals surface area (Å²) in [5.74, 6) is 0.233. The molecule has 116 valence electrons. The Morgan fingerprint density at radius 2 is 2.24 bits per heavy atom. The van der Waals surface area contributed by atoms with Gasteiger partial charge in [0, 0.05) is 5.54 Å². The van der Waals surface area contributed by atoms with Gasteiger partial charge in [0.15, 0.2) is 5.82 Å². The van der Waals surface area contributed by atoms with Crippen LogP contribution in [0, 0.1) is 0 Å². The average molecular weight is 296 g/mol. The summed E-state index contributed by atoms with van der Waals surface area (Å²) >= 11 is 0. The van der Waals surface area contributed by atoms with Gasteiger partial charge in [-0.2, -0.15) is 5.10 Å². The van der Waals surface area contributed by atoms with Crippen molar-refractivity contribution in [1.29, 1.82) is 0 Å². The van der Waals surface area contributed by atoms with E-state index in [9.17, 15) is 14.7 Å². The molecule has 2 rings (SSSR count). The molecule has 0 aromatic carbocycles. The summed E-state index contributed by atoms with van der Waals surface area (Å²) in [5, 5.41) is 16.1. The maximum atomic E-state index is 11.3. The van der Waals surface area contributed by atoms with E-state index in [0.29, 0.717) is 12.4 Å². The molecule has 0 spiro atoms. The zero-order valence-electron chi connectivity index (χ0n) is 12.3. The van der Waals surface area contributed by atoms with E-state index in [-0.39, 0.29) is 18.5 Å². The van der Waals surface area contributed by atoms with Crippen LogP contribution in [0.4, 0.5) is 4.79 Å². The number of nitrogens with two attached hydrogens (primary N) is 1. The molecule has 21 heavy (non-hydrogen) atoms. The van der Waals surface area contributed by atoms with Crippen LogP contribution in [0.1, 0.15) is 26.6 Å². The van der Waals surface area contributed by atoms with Crippen molar-refractivity contribution in [3.8, 4) is 0 Å². The lowest BCUT2D eigenvalue weighted by atomic mass is 10.0. The Hall–Kier alpha value is -2.16. The monoisotopic (exact) mass is 296 g/mol. The number of hydrogen-bond acceptors (Lipinski definition) is 5. The molecule has 4 N–H and O–H groups in total. The third kappa shape index (κ3) is 3.30. The zero-order chi connectivity index (χ0) is 15.8. The average Bonchev–Trinajstić information content (AvgIpc) is 2.81. The molecule has 9 nitrogen and oxygen atoms in total. The number of amides is 2. The first-order chi connectivity index (χ1) is 9.68. The summed E-state index contributed by atoms with van der Waals surface area (Å²) in [6.07, 6.45) is 0.488. The minimum absolute atomic E-state index is 0.106. The zero-order valence-corrected chi connectivity index (χ0v) is 12.3. The smallest absolute Gasteiger partial charge is 0.408 e. The highest BCUT2D eigenvalue weighted by Gasteiger charge is 2.36. The van der Waals surface area contributed by atoms with Gasteiger partial charge in [-0.25, -0.2) is 9.78 Å². The lowest BCUT2D eigenvalue weighted by Gasteiger charge is -2.33. The number of nitrogens with zero attached hydrogens (tertiary/aromatic N) is 4. The lowest BCUT2D eigenvalue weighted by Crippen LogP contribution is -2.67. The molecule has 2 amide bonds. The van der Waals surface area contributed by atoms with Gasteiger partial charge < -0.3 is 16.2 Å². The molecule has 1 saturated heterocycles. The van der Waals surface area contributed by atoms with Crippen molar-refractivity contribution >= 4 is 12.0 Å². The fourth-order valence-electron chi connectivity index (χ4n) is 2.04. The van der Waals surface area contributed by atoms with E-state index in [1.165, 1.54) is 11.2 Å². The minimum atomic E-state index is -1.02. The first-order valence-electron chi connectivity index (χ1n) is 6.63. The van der Waals surface area contributed by atoms with E-state index in [2.05, 4.69) is 15.4 Å². The highest BCUT2D eigenvalue weighted by Crippen LogP contribution is 2.16. The van der Waals surface area contributed by atoms with Crippen LogP contribution in [0.25, 0.3) is 0 Å². The molecule has 0 saturated carbocycles. The van der Waals surface area contributed by atoms with Gasteiger partial charge >= 0.3 is 6.09 Å². The molecule has 0 aliphatic carbocycles. The van der Waals surface area contributed by atoms with Crippen LogP contribution in [0.3, 0.4) is 0 Å². The van der Waals surface area contributed by atoms with Crippen molar-refractivity contribution in [1.82, 2.24) is 25.0 Å². The molecule has 2 atom stereocenters. The van der Waals surface area contributed by atoms with Crippen molar-refractivity contribution in [3.05, 3.63) is 12.2 Å². The molecule has 1 aliphatic heterocycles. The lowest BCUT2D eigenvalue weighted by molar-refractivity contribution is -0.130. The summed E-state index contributed by atoms with van der Waals surface area (Å²) < 4.78 is 1.56. The van der Waals surface area contributed by atoms with E-state index >= 15 is 0 Å². The summed E-state index contributed by atoms with van der Waals surface area (Å²) in [6, 6.07) is -0.687. The number of carbonyl (C=O) groups is 2. The standard InChI is InChI=1S/C12H20N6O3/c1-12(2,3)18(11(20)21)5-8-14-6-17(16-8)4-7-9(13)10(19)15-7/h6-7,9H,4-5,13H2,1-3H3,(H,15,19)(H,20,21)/t7-,9+/m1/s1. The Balaban J connectivity index is 1.99. The normalized spacial score (nSPS) is 21.6. The van der Waals surface area contributed by atoms with Crippen molar-refractivity contribution < 1.29 is 14.7 Å². The van der Waals surface area contributed by atoms with E-state index in [0.717, 1.165) is 0 Å². The van der Waals surface area contributed by atoms with Gasteiger partial charge in [0.1, 0.15) is 12.4 Å². The first kappa shape index (κ1) is 15.2. The van der Waals surface area contributed by atoms with Crippen LogP contribution in [0.15, 0.2) is 6.33 Å². The Labute approximate surface area is 122 Å². The maximum absolute atomic E-state index is 11.3. The van der Waals surface area contributed by atoms with E-state index in [1.807, 2.05) is 0 Å². The highest BCUT2D eigenvalue weighted by molar-refractivity contribution is 5.88. The van der Waals surface area contributed by atoms with Gasteiger partial charge in [0.25, 0.3) is 0 Å². The predicted molar refractivity (Wildman–Crippen MR) is 73.2 cm³/mol. The van der Waals surface area contributed by atoms with Gasteiger partial charge in [0.2, 0.25) is 5.91 Å². The molecule has 1 fully saturated rings. The fraction of sp³-hybridized carbons (Fsp3) is 0.667. The third-order valence-electron chi connectivity index (χ3n) is 3.37. The van der Waals surface area contributed by atoms with Crippen molar-refractivity contribution in [2.24, 2.45) is 5.73 Å². The Bertz CT molecular complexity index is 549. The Morgan fingerprint density at radius 1 is 1.57 bits per heavy atom. The molecule has 2 heterocycles. The number of carbonyl (C=O) groups excluding carboxylic acids is 1. The van der Waals surface area contributed by atoms with Gasteiger partial charge in [-0.05, 0) is 20.8 Å². The first-order valence-corrected chi connectivity index (χ1v) is 6.63. The quantitative estimate of drug-likeness (QED) is 0.636. The molecular formula is C12H20N6O3. The number of nitrogens with one attached hydrogen (secondary N) is 1. The summed E-state index contributed by atoms with van der Waals surface area (Å²) in [7, 11) is 0. The number of hydrogen-bond donors (Lipinski definition) is 3. The summed E-state index contributed by atoms with van der Waals surface area (Å²) in [5.41, 5.74) is 5.10.